The maximum atomic E-state index is 15.3. The van der Waals surface area contributed by atoms with E-state index in [1.165, 1.54) is 33.1 Å². The third-order valence-electron chi connectivity index (χ3n) is 10.1. The molecule has 5 rings (SSSR count). The van der Waals surface area contributed by atoms with Crippen molar-refractivity contribution in [3.8, 4) is 17.2 Å². The van der Waals surface area contributed by atoms with E-state index in [1.807, 2.05) is 49.9 Å². The molecule has 2 aliphatic rings. The van der Waals surface area contributed by atoms with E-state index in [0.717, 1.165) is 41.7 Å². The molecule has 0 bridgehead atoms. The zero-order valence-corrected chi connectivity index (χ0v) is 29.8. The Morgan fingerprint density at radius 1 is 0.918 bits per heavy atom. The van der Waals surface area contributed by atoms with E-state index in [4.69, 9.17) is 19.9 Å². The van der Waals surface area contributed by atoms with E-state index in [9.17, 15) is 9.59 Å². The maximum Gasteiger partial charge on any atom is 0.259 e. The SMILES string of the molecule is CCOc1cc(CN(C(C)=O)C(=O)C(C(C)=O)(C(N)c2c[nH]c3ccccc23)N2CCC(N3CCCCC3)CC2)cc(OCC)c1OCC. The number of nitrogens with zero attached hydrogens (tertiary/aromatic N) is 3. The lowest BCUT2D eigenvalue weighted by Crippen LogP contribution is -2.70. The van der Waals surface area contributed by atoms with Crippen LogP contribution in [0.1, 0.15) is 83.9 Å². The molecule has 0 spiro atoms. The number of nitrogens with two attached hydrogens (primary N) is 1. The first-order valence-electron chi connectivity index (χ1n) is 17.9. The zero-order valence-electron chi connectivity index (χ0n) is 29.8. The van der Waals surface area contributed by atoms with E-state index in [2.05, 4.69) is 9.88 Å². The molecule has 266 valence electrons. The maximum absolute atomic E-state index is 15.3. The number of aromatic nitrogens is 1. The highest BCUT2D eigenvalue weighted by Crippen LogP contribution is 2.41. The number of nitrogens with one attached hydrogen (secondary N) is 1. The normalized spacial score (nSPS) is 18.1. The summed E-state index contributed by atoms with van der Waals surface area (Å²) in [4.78, 5) is 52.0. The van der Waals surface area contributed by atoms with Crippen LogP contribution in [0.25, 0.3) is 10.9 Å². The summed E-state index contributed by atoms with van der Waals surface area (Å²) in [7, 11) is 0. The number of imide groups is 1. The van der Waals surface area contributed by atoms with Gasteiger partial charge in [-0.1, -0.05) is 24.6 Å². The van der Waals surface area contributed by atoms with Gasteiger partial charge in [0.05, 0.1) is 32.4 Å². The zero-order chi connectivity index (χ0) is 35.1. The van der Waals surface area contributed by atoms with Crippen LogP contribution >= 0.6 is 0 Å². The number of carbonyl (C=O) groups excluding carboxylic acids is 3. The number of H-pyrrole nitrogens is 1. The quantitative estimate of drug-likeness (QED) is 0.221. The van der Waals surface area contributed by atoms with Gasteiger partial charge in [0.25, 0.3) is 5.91 Å². The molecule has 1 aromatic heterocycles. The number of ether oxygens (including phenoxy) is 3. The molecular formula is C38H53N5O6. The first-order valence-corrected chi connectivity index (χ1v) is 17.9. The van der Waals surface area contributed by atoms with Crippen molar-refractivity contribution in [2.24, 2.45) is 5.73 Å². The van der Waals surface area contributed by atoms with E-state index in [1.54, 1.807) is 18.3 Å². The lowest BCUT2D eigenvalue weighted by Gasteiger charge is -2.50. The molecule has 2 fully saturated rings. The number of likely N-dealkylation sites (tertiary alicyclic amines) is 2. The van der Waals surface area contributed by atoms with Crippen molar-refractivity contribution in [3.63, 3.8) is 0 Å². The number of hydrogen-bond donors (Lipinski definition) is 2. The van der Waals surface area contributed by atoms with Crippen molar-refractivity contribution in [1.82, 2.24) is 19.7 Å². The molecule has 49 heavy (non-hydrogen) atoms. The summed E-state index contributed by atoms with van der Waals surface area (Å²) in [6.07, 6.45) is 7.03. The molecule has 11 heteroatoms. The number of amides is 2. The summed E-state index contributed by atoms with van der Waals surface area (Å²) >= 11 is 0. The number of piperidine rings is 2. The average molecular weight is 676 g/mol. The smallest absolute Gasteiger partial charge is 0.259 e. The minimum absolute atomic E-state index is 0.111. The van der Waals surface area contributed by atoms with Gasteiger partial charge < -0.3 is 29.8 Å². The lowest BCUT2D eigenvalue weighted by molar-refractivity contribution is -0.160. The van der Waals surface area contributed by atoms with Gasteiger partial charge in [0, 0.05) is 43.2 Å². The molecule has 0 radical (unpaired) electrons. The van der Waals surface area contributed by atoms with Crippen LogP contribution in [-0.4, -0.2) is 94.9 Å². The van der Waals surface area contributed by atoms with Crippen LogP contribution in [0.3, 0.4) is 0 Å². The summed E-state index contributed by atoms with van der Waals surface area (Å²) < 4.78 is 17.7. The number of benzene rings is 2. The van der Waals surface area contributed by atoms with Crippen molar-refractivity contribution >= 4 is 28.5 Å². The summed E-state index contributed by atoms with van der Waals surface area (Å²) in [6, 6.07) is 10.6. The van der Waals surface area contributed by atoms with Gasteiger partial charge in [-0.25, -0.2) is 0 Å². The molecule has 3 heterocycles. The predicted octanol–water partition coefficient (Wildman–Crippen LogP) is 5.22. The predicted molar refractivity (Wildman–Crippen MR) is 190 cm³/mol. The molecule has 2 saturated heterocycles. The molecule has 2 aliphatic heterocycles. The first-order chi connectivity index (χ1) is 23.7. The average Bonchev–Trinajstić information content (AvgIpc) is 3.54. The first kappa shape index (κ1) is 36.4. The van der Waals surface area contributed by atoms with Crippen LogP contribution in [0.4, 0.5) is 0 Å². The molecule has 2 atom stereocenters. The van der Waals surface area contributed by atoms with Crippen molar-refractivity contribution in [1.29, 1.82) is 0 Å². The Labute approximate surface area is 290 Å². The number of hydrogen-bond acceptors (Lipinski definition) is 9. The Hall–Kier alpha value is -3.93. The Morgan fingerprint density at radius 2 is 1.53 bits per heavy atom. The molecule has 3 N–H and O–H groups in total. The second-order valence-corrected chi connectivity index (χ2v) is 13.0. The van der Waals surface area contributed by atoms with E-state index in [-0.39, 0.29) is 6.54 Å². The van der Waals surface area contributed by atoms with E-state index >= 15 is 4.79 Å². The van der Waals surface area contributed by atoms with Gasteiger partial charge in [-0.05, 0) is 95.8 Å². The summed E-state index contributed by atoms with van der Waals surface area (Å²) in [6.45, 7) is 12.6. The summed E-state index contributed by atoms with van der Waals surface area (Å²) in [5.74, 6) is -0.147. The number of rotatable bonds is 14. The van der Waals surface area contributed by atoms with Crippen LogP contribution in [0.2, 0.25) is 0 Å². The van der Waals surface area contributed by atoms with Gasteiger partial charge in [-0.15, -0.1) is 0 Å². The Kier molecular flexibility index (Phi) is 12.0. The monoisotopic (exact) mass is 675 g/mol. The highest BCUT2D eigenvalue weighted by molar-refractivity contribution is 6.15. The fourth-order valence-electron chi connectivity index (χ4n) is 7.75. The van der Waals surface area contributed by atoms with Crippen LogP contribution in [-0.2, 0) is 20.9 Å². The highest BCUT2D eigenvalue weighted by Gasteiger charge is 2.57. The lowest BCUT2D eigenvalue weighted by atomic mass is 9.77. The minimum Gasteiger partial charge on any atom is -0.490 e. The van der Waals surface area contributed by atoms with Crippen LogP contribution < -0.4 is 19.9 Å². The largest absolute Gasteiger partial charge is 0.490 e. The molecule has 2 aromatic carbocycles. The van der Waals surface area contributed by atoms with Gasteiger partial charge in [0.15, 0.2) is 22.8 Å². The molecule has 3 aromatic rings. The molecule has 2 unspecified atom stereocenters. The van der Waals surface area contributed by atoms with Gasteiger partial charge >= 0.3 is 0 Å². The fourth-order valence-corrected chi connectivity index (χ4v) is 7.75. The number of Topliss-reactive ketones (excluding diaryl/α,β-unsaturated/α-hetero) is 1. The summed E-state index contributed by atoms with van der Waals surface area (Å²) in [5, 5.41) is 0.834. The fraction of sp³-hybridized carbons (Fsp3) is 0.553. The molecule has 2 amide bonds. The van der Waals surface area contributed by atoms with E-state index < -0.39 is 29.2 Å². The van der Waals surface area contributed by atoms with Crippen LogP contribution in [0.15, 0.2) is 42.6 Å². The standard InChI is InChI=1S/C38H53N5O6/c1-6-47-33-22-28(23-34(48-7-2)35(33)49-8-3)25-43(27(5)45)37(46)38(26(4)44,36(39)31-24-40-32-15-11-10-14-30(31)32)42-20-16-29(17-21-42)41-18-12-9-13-19-41/h10-11,14-15,22-24,29,36,40H,6-9,12-13,16-21,25,39H2,1-5H3. The number of ketones is 1. The van der Waals surface area contributed by atoms with Crippen molar-refractivity contribution in [2.45, 2.75) is 90.9 Å². The Bertz CT molecular complexity index is 1580. The second kappa shape index (κ2) is 16.2. The second-order valence-electron chi connectivity index (χ2n) is 13.0. The number of fused-ring (bicyclic) bond motifs is 1. The molecule has 11 nitrogen and oxygen atoms in total. The van der Waals surface area contributed by atoms with Gasteiger partial charge in [-0.3, -0.25) is 24.2 Å². The van der Waals surface area contributed by atoms with Crippen molar-refractivity contribution in [2.75, 3.05) is 46.0 Å². The molecular weight excluding hydrogens is 622 g/mol. The van der Waals surface area contributed by atoms with Crippen LogP contribution in [0.5, 0.6) is 17.2 Å². The van der Waals surface area contributed by atoms with Crippen molar-refractivity contribution in [3.05, 3.63) is 53.7 Å². The molecule has 0 saturated carbocycles. The van der Waals surface area contributed by atoms with Crippen molar-refractivity contribution < 1.29 is 28.6 Å². The van der Waals surface area contributed by atoms with Gasteiger partial charge in [0.1, 0.15) is 0 Å². The third kappa shape index (κ3) is 7.34. The Balaban J connectivity index is 1.58. The molecule has 0 aliphatic carbocycles. The number of aromatic amines is 1. The number of carbonyl (C=O) groups is 3. The third-order valence-corrected chi connectivity index (χ3v) is 10.1. The highest BCUT2D eigenvalue weighted by atomic mass is 16.5. The van der Waals surface area contributed by atoms with Crippen LogP contribution in [0, 0.1) is 0 Å². The van der Waals surface area contributed by atoms with Gasteiger partial charge in [-0.2, -0.15) is 0 Å². The summed E-state index contributed by atoms with van der Waals surface area (Å²) in [5.41, 5.74) is 7.47. The van der Waals surface area contributed by atoms with E-state index in [0.29, 0.717) is 67.3 Å². The minimum atomic E-state index is -1.83. The topological polar surface area (TPSA) is 130 Å². The van der Waals surface area contributed by atoms with Gasteiger partial charge in [0.2, 0.25) is 11.7 Å². The number of para-hydroxylation sites is 1. The Morgan fingerprint density at radius 3 is 2.10 bits per heavy atom.